The fourth-order valence-electron chi connectivity index (χ4n) is 3.57. The molecule has 1 fully saturated rings. The second-order valence-electron chi connectivity index (χ2n) is 7.45. The summed E-state index contributed by atoms with van der Waals surface area (Å²) in [6.45, 7) is 8.14. The van der Waals surface area contributed by atoms with Crippen LogP contribution in [-0.2, 0) is 27.0 Å². The smallest absolute Gasteiger partial charge is 0.289 e. The van der Waals surface area contributed by atoms with Crippen molar-refractivity contribution >= 4 is 23.7 Å². The number of allylic oxidation sites excluding steroid dienone is 1. The molecule has 1 aromatic rings. The molecule has 0 spiro atoms. The monoisotopic (exact) mass is 479 g/mol. The Labute approximate surface area is 205 Å². The minimum absolute atomic E-state index is 0. The summed E-state index contributed by atoms with van der Waals surface area (Å²) < 4.78 is 4.64. The van der Waals surface area contributed by atoms with E-state index < -0.39 is 0 Å². The first-order chi connectivity index (χ1) is 15.1. The van der Waals surface area contributed by atoms with E-state index in [1.54, 1.807) is 19.1 Å². The largest absolute Gasteiger partial charge is 0.333 e. The molecular formula is C26H41CrN3O2. The van der Waals surface area contributed by atoms with Gasteiger partial charge in [-0.25, -0.2) is 4.79 Å². The number of rotatable bonds is 9. The van der Waals surface area contributed by atoms with E-state index in [-0.39, 0.29) is 17.4 Å². The molecule has 2 rings (SSSR count). The van der Waals surface area contributed by atoms with Crippen molar-refractivity contribution in [3.8, 4) is 0 Å². The Morgan fingerprint density at radius 3 is 2.22 bits per heavy atom. The van der Waals surface area contributed by atoms with Crippen LogP contribution in [-0.4, -0.2) is 43.8 Å². The van der Waals surface area contributed by atoms with Gasteiger partial charge >= 0.3 is 0 Å². The molecular weight excluding hydrogens is 438 g/mol. The summed E-state index contributed by atoms with van der Waals surface area (Å²) >= 11 is 0. The quantitative estimate of drug-likeness (QED) is 0.245. The molecule has 1 saturated heterocycles. The van der Waals surface area contributed by atoms with E-state index in [0.717, 1.165) is 62.9 Å². The summed E-state index contributed by atoms with van der Waals surface area (Å²) in [6.07, 6.45) is 10.4. The van der Waals surface area contributed by atoms with E-state index in [9.17, 15) is 9.59 Å². The number of Topliss-reactive ketones (excluding diaryl/α,β-unsaturated/α-hetero) is 1. The molecule has 0 atom stereocenters. The zero-order chi connectivity index (χ0) is 23.3. The van der Waals surface area contributed by atoms with Crippen LogP contribution in [0, 0.1) is 17.9 Å². The summed E-state index contributed by atoms with van der Waals surface area (Å²) in [6, 6.07) is 11.0. The fourth-order valence-corrected chi connectivity index (χ4v) is 3.57. The summed E-state index contributed by atoms with van der Waals surface area (Å²) in [7, 11) is 1.50. The Bertz CT molecular complexity index is 697. The van der Waals surface area contributed by atoms with E-state index in [1.807, 2.05) is 12.1 Å². The third kappa shape index (κ3) is 14.3. The van der Waals surface area contributed by atoms with Gasteiger partial charge in [0.2, 0.25) is 0 Å². The first-order valence-electron chi connectivity index (χ1n) is 11.5. The minimum atomic E-state index is 0. The van der Waals surface area contributed by atoms with Crippen LogP contribution < -0.4 is 15.7 Å². The molecule has 1 aliphatic rings. The van der Waals surface area contributed by atoms with Gasteiger partial charge in [-0.2, -0.15) is 30.3 Å². The number of benzene rings is 1. The van der Waals surface area contributed by atoms with Crippen LogP contribution in [0.4, 0.5) is 0 Å². The van der Waals surface area contributed by atoms with Crippen LogP contribution in [0.5, 0.6) is 0 Å². The minimum Gasteiger partial charge on any atom is -0.333 e. The molecule has 5 nitrogen and oxygen atoms in total. The standard InChI is InChI=1S/C18H23NO.C7H13NO.CH5N.Cr/c1-3-10-16(11-4-2)18(19-14-8-9-15-20)17-12-6-5-7-13-17;1-6(9)7-2-4-8-5-3-7;1-2;/h6-7,9,12-14,16H,3-4,8,10-11H2,1-2H3;7-8H,2-5H2,1H3;2H2,1H3;. The molecule has 0 bridgehead atoms. The van der Waals surface area contributed by atoms with Gasteiger partial charge in [0.25, 0.3) is 11.9 Å². The van der Waals surface area contributed by atoms with E-state index in [4.69, 9.17) is 0 Å². The Hall–Kier alpha value is -1.76. The first-order valence-corrected chi connectivity index (χ1v) is 11.5. The van der Waals surface area contributed by atoms with E-state index >= 15 is 0 Å². The van der Waals surface area contributed by atoms with E-state index in [0.29, 0.717) is 24.0 Å². The fraction of sp³-hybridized carbons (Fsp3) is 0.577. The molecule has 0 aromatic heterocycles. The number of hydrogen-bond acceptors (Lipinski definition) is 4. The van der Waals surface area contributed by atoms with Crippen molar-refractivity contribution in [3.05, 3.63) is 42.0 Å². The Morgan fingerprint density at radius 2 is 1.78 bits per heavy atom. The van der Waals surface area contributed by atoms with E-state index in [2.05, 4.69) is 47.8 Å². The molecule has 178 valence electrons. The second-order valence-corrected chi connectivity index (χ2v) is 7.45. The molecule has 1 heterocycles. The number of nitrogens with two attached hydrogens (primary N) is 1. The summed E-state index contributed by atoms with van der Waals surface area (Å²) in [5, 5.41) is 3.22. The maximum atomic E-state index is 10.8. The molecule has 0 unspecified atom stereocenters. The maximum absolute atomic E-state index is 10.8. The van der Waals surface area contributed by atoms with Crippen LogP contribution in [0.15, 0.2) is 30.3 Å². The molecule has 0 aliphatic carbocycles. The number of hydrogen-bond donors (Lipinski definition) is 2. The zero-order valence-electron chi connectivity index (χ0n) is 20.2. The second kappa shape index (κ2) is 22.4. The third-order valence-corrected chi connectivity index (χ3v) is 5.13. The molecule has 0 saturated carbocycles. The van der Waals surface area contributed by atoms with Gasteiger partial charge in [0, 0.05) is 29.4 Å². The van der Waals surface area contributed by atoms with Crippen molar-refractivity contribution in [1.29, 1.82) is 0 Å². The maximum Gasteiger partial charge on any atom is 0.289 e. The SMILES string of the molecule is CC(=O)C1CCNCC1.CCCC(CCC)C(=[N+]=CCC=C=O)c1cc[c-]cc1.CN.[Cr]. The van der Waals surface area contributed by atoms with Gasteiger partial charge in [0.05, 0.1) is 12.3 Å². The Morgan fingerprint density at radius 1 is 1.22 bits per heavy atom. The van der Waals surface area contributed by atoms with Crippen molar-refractivity contribution in [1.82, 2.24) is 9.98 Å². The molecule has 0 radical (unpaired) electrons. The van der Waals surface area contributed by atoms with Crippen molar-refractivity contribution < 1.29 is 27.0 Å². The van der Waals surface area contributed by atoms with Gasteiger partial charge in [-0.05, 0) is 58.3 Å². The first kappa shape index (κ1) is 32.4. The predicted octanol–water partition coefficient (Wildman–Crippen LogP) is 3.56. The van der Waals surface area contributed by atoms with E-state index in [1.165, 1.54) is 13.1 Å². The average Bonchev–Trinajstić information content (AvgIpc) is 2.82. The Balaban J connectivity index is 0. The van der Waals surface area contributed by atoms with Crippen molar-refractivity contribution in [2.24, 2.45) is 17.6 Å². The molecule has 0 amide bonds. The molecule has 32 heavy (non-hydrogen) atoms. The van der Waals surface area contributed by atoms with Crippen molar-refractivity contribution in [2.75, 3.05) is 20.1 Å². The summed E-state index contributed by atoms with van der Waals surface area (Å²) in [5.41, 5.74) is 6.78. The Kier molecular flexibility index (Phi) is 22.7. The number of ketones is 1. The molecule has 3 N–H and O–H groups in total. The number of nitrogens with one attached hydrogen (secondary N) is 1. The van der Waals surface area contributed by atoms with Gasteiger partial charge in [-0.1, -0.05) is 26.7 Å². The van der Waals surface area contributed by atoms with Crippen molar-refractivity contribution in [2.45, 2.75) is 65.7 Å². The number of carbonyl (C=O) groups excluding carboxylic acids is 2. The molecule has 1 aromatic carbocycles. The summed E-state index contributed by atoms with van der Waals surface area (Å²) in [4.78, 5) is 21.0. The average molecular weight is 480 g/mol. The normalized spacial score (nSPS) is 12.4. The van der Waals surface area contributed by atoms with Crippen LogP contribution in [0.2, 0.25) is 0 Å². The predicted molar refractivity (Wildman–Crippen MR) is 132 cm³/mol. The van der Waals surface area contributed by atoms with Gasteiger partial charge in [0.15, 0.2) is 0 Å². The topological polar surface area (TPSA) is 86.3 Å². The van der Waals surface area contributed by atoms with Crippen LogP contribution in [0.3, 0.4) is 0 Å². The number of nitrogens with zero attached hydrogens (tertiary/aromatic N) is 1. The molecule has 6 heteroatoms. The van der Waals surface area contributed by atoms with Crippen LogP contribution >= 0.6 is 0 Å². The third-order valence-electron chi connectivity index (χ3n) is 5.13. The van der Waals surface area contributed by atoms with Gasteiger partial charge < -0.3 is 11.1 Å². The number of piperidine rings is 1. The van der Waals surface area contributed by atoms with Crippen molar-refractivity contribution in [3.63, 3.8) is 0 Å². The van der Waals surface area contributed by atoms with Gasteiger partial charge in [0.1, 0.15) is 11.7 Å². The number of carbonyl (C=O) groups is 1. The van der Waals surface area contributed by atoms with Crippen LogP contribution in [0.1, 0.15) is 71.3 Å². The van der Waals surface area contributed by atoms with Gasteiger partial charge in [-0.15, -0.1) is 4.67 Å². The summed E-state index contributed by atoms with van der Waals surface area (Å²) in [5.74, 6) is 2.97. The van der Waals surface area contributed by atoms with Crippen LogP contribution in [0.25, 0.3) is 0 Å². The zero-order valence-corrected chi connectivity index (χ0v) is 21.5. The molecule has 1 aliphatic heterocycles. The van der Waals surface area contributed by atoms with Gasteiger partial charge in [-0.3, -0.25) is 4.79 Å².